The van der Waals surface area contributed by atoms with Gasteiger partial charge in [0.25, 0.3) is 5.91 Å². The summed E-state index contributed by atoms with van der Waals surface area (Å²) >= 11 is 3.36. The van der Waals surface area contributed by atoms with Crippen LogP contribution in [0.4, 0.5) is 0 Å². The van der Waals surface area contributed by atoms with E-state index in [9.17, 15) is 9.59 Å². The van der Waals surface area contributed by atoms with Crippen LogP contribution in [0.15, 0.2) is 53.0 Å². The van der Waals surface area contributed by atoms with Crippen molar-refractivity contribution in [3.63, 3.8) is 0 Å². The van der Waals surface area contributed by atoms with E-state index in [1.807, 2.05) is 17.0 Å². The number of hydrogen-bond acceptors (Lipinski definition) is 2. The Morgan fingerprint density at radius 3 is 2.60 bits per heavy atom. The number of likely N-dealkylation sites (tertiary alicyclic amines) is 1. The fourth-order valence-corrected chi connectivity index (χ4v) is 3.66. The molecular weight excluding hydrogens is 380 g/mol. The van der Waals surface area contributed by atoms with Crippen molar-refractivity contribution in [3.8, 4) is 0 Å². The number of nitrogens with one attached hydrogen (secondary N) is 1. The molecule has 1 N–H and O–H groups in total. The van der Waals surface area contributed by atoms with Crippen LogP contribution in [0, 0.1) is 6.92 Å². The highest BCUT2D eigenvalue weighted by atomic mass is 79.9. The zero-order valence-corrected chi connectivity index (χ0v) is 15.8. The monoisotopic (exact) mass is 400 g/mol. The Labute approximate surface area is 156 Å². The molecule has 1 heterocycles. The van der Waals surface area contributed by atoms with Gasteiger partial charge < -0.3 is 10.2 Å². The molecule has 0 spiro atoms. The Hall–Kier alpha value is -2.14. The minimum Gasteiger partial charge on any atom is -0.343 e. The number of halogens is 1. The maximum atomic E-state index is 12.6. The number of hydrogen-bond donors (Lipinski definition) is 1. The van der Waals surface area contributed by atoms with Crippen molar-refractivity contribution in [3.05, 3.63) is 69.7 Å². The number of benzene rings is 2. The highest BCUT2D eigenvalue weighted by Gasteiger charge is 2.29. The van der Waals surface area contributed by atoms with Crippen molar-refractivity contribution in [2.75, 3.05) is 13.1 Å². The van der Waals surface area contributed by atoms with E-state index in [1.54, 1.807) is 12.1 Å². The van der Waals surface area contributed by atoms with Gasteiger partial charge in [-0.25, -0.2) is 0 Å². The van der Waals surface area contributed by atoms with Gasteiger partial charge in [0, 0.05) is 11.0 Å². The van der Waals surface area contributed by atoms with E-state index in [0.717, 1.165) is 29.4 Å². The van der Waals surface area contributed by atoms with Crippen molar-refractivity contribution in [2.24, 2.45) is 0 Å². The predicted octanol–water partition coefficient (Wildman–Crippen LogP) is 3.85. The lowest BCUT2D eigenvalue weighted by Gasteiger charge is -2.25. The van der Waals surface area contributed by atoms with Gasteiger partial charge in [0.05, 0.1) is 18.2 Å². The molecule has 0 bridgehead atoms. The summed E-state index contributed by atoms with van der Waals surface area (Å²) < 4.78 is 0.721. The Balaban J connectivity index is 1.63. The fourth-order valence-electron chi connectivity index (χ4n) is 3.20. The maximum absolute atomic E-state index is 12.6. The molecule has 0 aliphatic carbocycles. The number of carbonyl (C=O) groups excluding carboxylic acids is 2. The molecule has 0 radical (unpaired) electrons. The summed E-state index contributed by atoms with van der Waals surface area (Å²) in [7, 11) is 0. The predicted molar refractivity (Wildman–Crippen MR) is 101 cm³/mol. The summed E-state index contributed by atoms with van der Waals surface area (Å²) in [5, 5.41) is 2.74. The summed E-state index contributed by atoms with van der Waals surface area (Å²) in [4.78, 5) is 26.8. The average Bonchev–Trinajstić information content (AvgIpc) is 3.10. The van der Waals surface area contributed by atoms with Crippen LogP contribution in [0.1, 0.15) is 40.4 Å². The van der Waals surface area contributed by atoms with Crippen molar-refractivity contribution >= 4 is 27.7 Å². The van der Waals surface area contributed by atoms with E-state index >= 15 is 0 Å². The van der Waals surface area contributed by atoms with Crippen molar-refractivity contribution in [1.82, 2.24) is 10.2 Å². The lowest BCUT2D eigenvalue weighted by atomic mass is 10.0. The molecule has 4 nitrogen and oxygen atoms in total. The Bertz CT molecular complexity index is 774. The molecule has 1 atom stereocenters. The summed E-state index contributed by atoms with van der Waals surface area (Å²) in [6.45, 7) is 2.81. The zero-order valence-electron chi connectivity index (χ0n) is 14.2. The normalized spacial score (nSPS) is 16.7. The minimum absolute atomic E-state index is 0.0164. The molecule has 3 rings (SSSR count). The number of aryl methyl sites for hydroxylation is 1. The lowest BCUT2D eigenvalue weighted by molar-refractivity contribution is -0.131. The highest BCUT2D eigenvalue weighted by Crippen LogP contribution is 2.31. The summed E-state index contributed by atoms with van der Waals surface area (Å²) in [5.41, 5.74) is 2.90. The third kappa shape index (κ3) is 4.10. The summed E-state index contributed by atoms with van der Waals surface area (Å²) in [6, 6.07) is 15.6. The highest BCUT2D eigenvalue weighted by molar-refractivity contribution is 9.10. The average molecular weight is 401 g/mol. The first-order chi connectivity index (χ1) is 12.1. The molecule has 0 saturated carbocycles. The van der Waals surface area contributed by atoms with Gasteiger partial charge in [0.1, 0.15) is 0 Å². The van der Waals surface area contributed by atoms with Crippen LogP contribution in [0.2, 0.25) is 0 Å². The largest absolute Gasteiger partial charge is 0.343 e. The van der Waals surface area contributed by atoms with Crippen molar-refractivity contribution in [1.29, 1.82) is 0 Å². The quantitative estimate of drug-likeness (QED) is 0.846. The van der Waals surface area contributed by atoms with E-state index in [0.29, 0.717) is 5.56 Å². The van der Waals surface area contributed by atoms with Crippen LogP contribution in [0.25, 0.3) is 0 Å². The van der Waals surface area contributed by atoms with Crippen molar-refractivity contribution < 1.29 is 9.59 Å². The molecular formula is C20H21BrN2O2. The molecule has 1 aliphatic heterocycles. The van der Waals surface area contributed by atoms with E-state index in [-0.39, 0.29) is 24.4 Å². The number of carbonyl (C=O) groups is 2. The third-order valence-corrected chi connectivity index (χ3v) is 5.25. The van der Waals surface area contributed by atoms with Crippen LogP contribution < -0.4 is 5.32 Å². The number of amides is 2. The molecule has 130 valence electrons. The molecule has 1 unspecified atom stereocenters. The smallest absolute Gasteiger partial charge is 0.252 e. The second-order valence-electron chi connectivity index (χ2n) is 6.32. The summed E-state index contributed by atoms with van der Waals surface area (Å²) in [5.74, 6) is -0.282. The Morgan fingerprint density at radius 2 is 1.88 bits per heavy atom. The van der Waals surface area contributed by atoms with Crippen LogP contribution >= 0.6 is 15.9 Å². The second-order valence-corrected chi connectivity index (χ2v) is 7.17. The first-order valence-electron chi connectivity index (χ1n) is 8.45. The molecule has 2 aromatic carbocycles. The van der Waals surface area contributed by atoms with Gasteiger partial charge >= 0.3 is 0 Å². The first kappa shape index (κ1) is 17.7. The molecule has 1 saturated heterocycles. The molecule has 25 heavy (non-hydrogen) atoms. The van der Waals surface area contributed by atoms with Gasteiger partial charge in [-0.15, -0.1) is 0 Å². The molecule has 5 heteroatoms. The van der Waals surface area contributed by atoms with Gasteiger partial charge in [-0.2, -0.15) is 0 Å². The Morgan fingerprint density at radius 1 is 1.16 bits per heavy atom. The SMILES string of the molecule is Cc1ccc(C2CCCN2C(=O)CNC(=O)c2ccccc2Br)cc1. The van der Waals surface area contributed by atoms with Crippen LogP contribution in [-0.4, -0.2) is 29.8 Å². The second kappa shape index (κ2) is 7.83. The van der Waals surface area contributed by atoms with Crippen LogP contribution in [-0.2, 0) is 4.79 Å². The van der Waals surface area contributed by atoms with Crippen LogP contribution in [0.5, 0.6) is 0 Å². The number of nitrogens with zero attached hydrogens (tertiary/aromatic N) is 1. The van der Waals surface area contributed by atoms with Gasteiger partial charge in [0.2, 0.25) is 5.91 Å². The zero-order chi connectivity index (χ0) is 17.8. The first-order valence-corrected chi connectivity index (χ1v) is 9.24. The minimum atomic E-state index is -0.244. The molecule has 2 aromatic rings. The molecule has 0 aromatic heterocycles. The van der Waals surface area contributed by atoms with Crippen molar-refractivity contribution in [2.45, 2.75) is 25.8 Å². The fraction of sp³-hybridized carbons (Fsp3) is 0.300. The molecule has 2 amide bonds. The topological polar surface area (TPSA) is 49.4 Å². The van der Waals surface area contributed by atoms with E-state index in [2.05, 4.69) is 52.4 Å². The van der Waals surface area contributed by atoms with Gasteiger partial charge in [0.15, 0.2) is 0 Å². The van der Waals surface area contributed by atoms with Gasteiger partial charge in [-0.1, -0.05) is 42.0 Å². The Kier molecular flexibility index (Phi) is 5.53. The van der Waals surface area contributed by atoms with E-state index in [4.69, 9.17) is 0 Å². The standard InChI is InChI=1S/C20H21BrN2O2/c1-14-8-10-15(11-9-14)18-7-4-12-23(18)19(24)13-22-20(25)16-5-2-3-6-17(16)21/h2-3,5-6,8-11,18H,4,7,12-13H2,1H3,(H,22,25). The van der Waals surface area contributed by atoms with E-state index < -0.39 is 0 Å². The van der Waals surface area contributed by atoms with Gasteiger partial charge in [-0.05, 0) is 53.4 Å². The molecule has 1 aliphatic rings. The van der Waals surface area contributed by atoms with Crippen LogP contribution in [0.3, 0.4) is 0 Å². The molecule has 1 fully saturated rings. The van der Waals surface area contributed by atoms with E-state index in [1.165, 1.54) is 5.56 Å². The third-order valence-electron chi connectivity index (χ3n) is 4.55. The summed E-state index contributed by atoms with van der Waals surface area (Å²) in [6.07, 6.45) is 1.95. The van der Waals surface area contributed by atoms with Gasteiger partial charge in [-0.3, -0.25) is 9.59 Å². The lowest BCUT2D eigenvalue weighted by Crippen LogP contribution is -2.39. The number of rotatable bonds is 4. The maximum Gasteiger partial charge on any atom is 0.252 e.